The number of nitrogens with one attached hydrogen (secondary N) is 1. The zero-order chi connectivity index (χ0) is 19.2. The molecule has 27 heavy (non-hydrogen) atoms. The Kier molecular flexibility index (Phi) is 5.80. The van der Waals surface area contributed by atoms with E-state index in [1.165, 1.54) is 12.1 Å². The summed E-state index contributed by atoms with van der Waals surface area (Å²) >= 11 is 0. The lowest BCUT2D eigenvalue weighted by atomic mass is 10.1. The van der Waals surface area contributed by atoms with Gasteiger partial charge in [-0.1, -0.05) is 18.2 Å². The van der Waals surface area contributed by atoms with Crippen molar-refractivity contribution in [3.63, 3.8) is 0 Å². The van der Waals surface area contributed by atoms with Crippen LogP contribution in [0.5, 0.6) is 5.75 Å². The molecule has 0 bridgehead atoms. The van der Waals surface area contributed by atoms with E-state index in [-0.39, 0.29) is 18.3 Å². The van der Waals surface area contributed by atoms with Gasteiger partial charge >= 0.3 is 0 Å². The third-order valence-corrected chi connectivity index (χ3v) is 4.20. The predicted molar refractivity (Wildman–Crippen MR) is 99.4 cm³/mol. The van der Waals surface area contributed by atoms with E-state index in [1.54, 1.807) is 23.0 Å². The van der Waals surface area contributed by atoms with Crippen LogP contribution in [-0.4, -0.2) is 33.8 Å². The van der Waals surface area contributed by atoms with Crippen LogP contribution in [0.1, 0.15) is 17.0 Å². The first kappa shape index (κ1) is 18.6. The number of aryl methyl sites for hydroxylation is 1. The monoisotopic (exact) mass is 368 g/mol. The van der Waals surface area contributed by atoms with Crippen LogP contribution < -0.4 is 10.1 Å². The van der Waals surface area contributed by atoms with Crippen LogP contribution in [0, 0.1) is 19.7 Å². The number of hydrogen-bond acceptors (Lipinski definition) is 4. The maximum Gasteiger partial charge on any atom is 0.257 e. The van der Waals surface area contributed by atoms with Crippen molar-refractivity contribution in [3.05, 3.63) is 71.4 Å². The Bertz CT molecular complexity index is 925. The van der Waals surface area contributed by atoms with Crippen LogP contribution in [0.25, 0.3) is 5.82 Å². The number of carbonyl (C=O) groups excluding carboxylic acids is 1. The van der Waals surface area contributed by atoms with Gasteiger partial charge in [0.2, 0.25) is 0 Å². The molecule has 0 atom stereocenters. The Morgan fingerprint density at radius 3 is 2.70 bits per heavy atom. The number of halogens is 1. The van der Waals surface area contributed by atoms with Crippen LogP contribution in [0.15, 0.2) is 48.7 Å². The topological polar surface area (TPSA) is 69.0 Å². The molecule has 3 rings (SSSR count). The SMILES string of the molecule is Cc1nn(-c2ccccn2)c(C)c1CCNC(=O)COc1ccccc1F. The molecule has 1 amide bonds. The number of nitrogens with zero attached hydrogens (tertiary/aromatic N) is 3. The molecule has 0 unspecified atom stereocenters. The molecule has 0 spiro atoms. The Morgan fingerprint density at radius 2 is 1.96 bits per heavy atom. The van der Waals surface area contributed by atoms with Gasteiger partial charge in [0, 0.05) is 18.4 Å². The van der Waals surface area contributed by atoms with Gasteiger partial charge < -0.3 is 10.1 Å². The lowest BCUT2D eigenvalue weighted by Gasteiger charge is -2.08. The fraction of sp³-hybridized carbons (Fsp3) is 0.250. The van der Waals surface area contributed by atoms with Gasteiger partial charge in [-0.25, -0.2) is 14.1 Å². The van der Waals surface area contributed by atoms with E-state index in [0.29, 0.717) is 13.0 Å². The zero-order valence-electron chi connectivity index (χ0n) is 15.3. The zero-order valence-corrected chi connectivity index (χ0v) is 15.3. The number of ether oxygens (including phenoxy) is 1. The van der Waals surface area contributed by atoms with Crippen LogP contribution >= 0.6 is 0 Å². The van der Waals surface area contributed by atoms with Gasteiger partial charge in [-0.2, -0.15) is 5.10 Å². The molecule has 0 saturated heterocycles. The third kappa shape index (κ3) is 4.49. The highest BCUT2D eigenvalue weighted by Crippen LogP contribution is 2.17. The van der Waals surface area contributed by atoms with Gasteiger partial charge in [-0.05, 0) is 50.1 Å². The molecule has 140 valence electrons. The molecule has 7 heteroatoms. The molecule has 3 aromatic rings. The van der Waals surface area contributed by atoms with Crippen LogP contribution in [0.2, 0.25) is 0 Å². The second-order valence-electron chi connectivity index (χ2n) is 6.07. The summed E-state index contributed by atoms with van der Waals surface area (Å²) in [5, 5.41) is 7.32. The van der Waals surface area contributed by atoms with E-state index in [2.05, 4.69) is 15.4 Å². The maximum absolute atomic E-state index is 13.5. The number of amides is 1. The molecule has 0 aliphatic heterocycles. The van der Waals surface area contributed by atoms with Gasteiger partial charge in [0.05, 0.1) is 5.69 Å². The van der Waals surface area contributed by atoms with Gasteiger partial charge in [0.1, 0.15) is 0 Å². The minimum absolute atomic E-state index is 0.0657. The molecule has 0 fully saturated rings. The second kappa shape index (κ2) is 8.44. The molecular weight excluding hydrogens is 347 g/mol. The summed E-state index contributed by atoms with van der Waals surface area (Å²) < 4.78 is 20.5. The normalized spacial score (nSPS) is 10.6. The van der Waals surface area contributed by atoms with Crippen molar-refractivity contribution >= 4 is 5.91 Å². The molecular formula is C20H21FN4O2. The quantitative estimate of drug-likeness (QED) is 0.696. The molecule has 0 aliphatic rings. The Labute approximate surface area is 157 Å². The molecule has 0 radical (unpaired) electrons. The molecule has 1 aromatic carbocycles. The van der Waals surface area contributed by atoms with Crippen molar-refractivity contribution in [2.24, 2.45) is 0 Å². The van der Waals surface area contributed by atoms with E-state index in [1.807, 2.05) is 32.0 Å². The number of hydrogen-bond donors (Lipinski definition) is 1. The number of para-hydroxylation sites is 1. The molecule has 2 heterocycles. The lowest BCUT2D eigenvalue weighted by molar-refractivity contribution is -0.123. The summed E-state index contributed by atoms with van der Waals surface area (Å²) in [6.07, 6.45) is 2.36. The first-order valence-electron chi connectivity index (χ1n) is 8.67. The maximum atomic E-state index is 13.5. The summed E-state index contributed by atoms with van der Waals surface area (Å²) in [6, 6.07) is 11.7. The first-order valence-corrected chi connectivity index (χ1v) is 8.67. The Balaban J connectivity index is 1.54. The number of rotatable bonds is 7. The average Bonchev–Trinajstić information content (AvgIpc) is 2.96. The van der Waals surface area contributed by atoms with Crippen LogP contribution in [-0.2, 0) is 11.2 Å². The molecule has 0 aliphatic carbocycles. The lowest BCUT2D eigenvalue weighted by Crippen LogP contribution is -2.30. The minimum atomic E-state index is -0.488. The number of pyridine rings is 1. The fourth-order valence-electron chi connectivity index (χ4n) is 2.82. The van der Waals surface area contributed by atoms with E-state index < -0.39 is 5.82 Å². The van der Waals surface area contributed by atoms with Crippen molar-refractivity contribution in [2.45, 2.75) is 20.3 Å². The Hall–Kier alpha value is -3.22. The van der Waals surface area contributed by atoms with Crippen molar-refractivity contribution in [1.29, 1.82) is 0 Å². The van der Waals surface area contributed by atoms with Gasteiger partial charge in [-0.3, -0.25) is 4.79 Å². The first-order chi connectivity index (χ1) is 13.1. The largest absolute Gasteiger partial charge is 0.481 e. The summed E-state index contributed by atoms with van der Waals surface area (Å²) in [5.41, 5.74) is 2.95. The van der Waals surface area contributed by atoms with Crippen molar-refractivity contribution in [1.82, 2.24) is 20.1 Å². The predicted octanol–water partition coefficient (Wildman–Crippen LogP) is 2.76. The highest BCUT2D eigenvalue weighted by Gasteiger charge is 2.13. The van der Waals surface area contributed by atoms with E-state index in [9.17, 15) is 9.18 Å². The van der Waals surface area contributed by atoms with Crippen molar-refractivity contribution in [3.8, 4) is 11.6 Å². The number of carbonyl (C=O) groups is 1. The van der Waals surface area contributed by atoms with Crippen LogP contribution in [0.4, 0.5) is 4.39 Å². The van der Waals surface area contributed by atoms with Gasteiger partial charge in [0.15, 0.2) is 24.0 Å². The molecule has 6 nitrogen and oxygen atoms in total. The summed E-state index contributed by atoms with van der Waals surface area (Å²) in [6.45, 7) is 4.12. The fourth-order valence-corrected chi connectivity index (χ4v) is 2.82. The number of benzene rings is 1. The van der Waals surface area contributed by atoms with E-state index >= 15 is 0 Å². The van der Waals surface area contributed by atoms with Gasteiger partial charge in [0.25, 0.3) is 5.91 Å². The summed E-state index contributed by atoms with van der Waals surface area (Å²) in [7, 11) is 0. The molecule has 0 saturated carbocycles. The highest BCUT2D eigenvalue weighted by molar-refractivity contribution is 5.77. The highest BCUT2D eigenvalue weighted by atomic mass is 19.1. The van der Waals surface area contributed by atoms with Gasteiger partial charge in [-0.15, -0.1) is 0 Å². The standard InChI is InChI=1S/C20H21FN4O2/c1-14-16(15(2)25(24-14)19-9-5-6-11-22-19)10-12-23-20(26)13-27-18-8-4-3-7-17(18)21/h3-9,11H,10,12-13H2,1-2H3,(H,23,26). The average molecular weight is 368 g/mol. The van der Waals surface area contributed by atoms with E-state index in [0.717, 1.165) is 22.8 Å². The van der Waals surface area contributed by atoms with E-state index in [4.69, 9.17) is 4.74 Å². The second-order valence-corrected chi connectivity index (χ2v) is 6.07. The smallest absolute Gasteiger partial charge is 0.257 e. The molecule has 1 N–H and O–H groups in total. The Morgan fingerprint density at radius 1 is 1.19 bits per heavy atom. The van der Waals surface area contributed by atoms with Crippen molar-refractivity contribution in [2.75, 3.05) is 13.2 Å². The summed E-state index contributed by atoms with van der Waals surface area (Å²) in [5.74, 6) is 0.0341. The van der Waals surface area contributed by atoms with Crippen LogP contribution in [0.3, 0.4) is 0 Å². The minimum Gasteiger partial charge on any atom is -0.481 e. The third-order valence-electron chi connectivity index (χ3n) is 4.20. The number of aromatic nitrogens is 3. The molecule has 2 aromatic heterocycles. The van der Waals surface area contributed by atoms with Crippen molar-refractivity contribution < 1.29 is 13.9 Å². The summed E-state index contributed by atoms with van der Waals surface area (Å²) in [4.78, 5) is 16.2.